The first-order valence-corrected chi connectivity index (χ1v) is 14.2. The number of hydrogen-bond acceptors (Lipinski definition) is 7. The molecule has 0 radical (unpaired) electrons. The van der Waals surface area contributed by atoms with Crippen LogP contribution in [0.5, 0.6) is 11.6 Å². The monoisotopic (exact) mass is 527 g/mol. The summed E-state index contributed by atoms with van der Waals surface area (Å²) in [6.45, 7) is 2.35. The Kier molecular flexibility index (Phi) is 7.02. The number of fused-ring (bicyclic) bond motifs is 1. The van der Waals surface area contributed by atoms with Crippen molar-refractivity contribution in [3.05, 3.63) is 47.8 Å². The number of likely N-dealkylation sites (tertiary alicyclic amines) is 1. The van der Waals surface area contributed by atoms with E-state index in [0.29, 0.717) is 43.7 Å². The molecule has 2 aliphatic rings. The van der Waals surface area contributed by atoms with E-state index in [9.17, 15) is 17.6 Å². The van der Waals surface area contributed by atoms with Crippen LogP contribution >= 0.6 is 0 Å². The van der Waals surface area contributed by atoms with Crippen molar-refractivity contribution in [3.63, 3.8) is 0 Å². The SMILES string of the molecule is COc1ncc(-c2ccnc3ccc(O[C@H]4CCN(C(=O)C5CCS(=O)(=O)CC5)C4)c(C)c23)cc1CF. The first-order chi connectivity index (χ1) is 17.8. The zero-order chi connectivity index (χ0) is 26.2. The molecule has 8 nitrogen and oxygen atoms in total. The topological polar surface area (TPSA) is 98.7 Å². The van der Waals surface area contributed by atoms with Gasteiger partial charge in [-0.3, -0.25) is 9.78 Å². The van der Waals surface area contributed by atoms with Crippen molar-refractivity contribution >= 4 is 26.6 Å². The Hall–Kier alpha value is -3.27. The quantitative estimate of drug-likeness (QED) is 0.480. The summed E-state index contributed by atoms with van der Waals surface area (Å²) in [6.07, 6.45) is 4.72. The average Bonchev–Trinajstić information content (AvgIpc) is 3.37. The van der Waals surface area contributed by atoms with E-state index in [1.165, 1.54) is 7.11 Å². The molecule has 2 fully saturated rings. The van der Waals surface area contributed by atoms with E-state index in [-0.39, 0.29) is 35.3 Å². The molecule has 2 aromatic heterocycles. The van der Waals surface area contributed by atoms with Gasteiger partial charge in [0.15, 0.2) is 0 Å². The number of methoxy groups -OCH3 is 1. The minimum absolute atomic E-state index is 0.0263. The highest BCUT2D eigenvalue weighted by molar-refractivity contribution is 7.91. The molecular formula is C27H30FN3O5S. The number of pyridine rings is 2. The van der Waals surface area contributed by atoms with Crippen LogP contribution in [0.3, 0.4) is 0 Å². The third kappa shape index (κ3) is 5.12. The molecule has 10 heteroatoms. The Balaban J connectivity index is 1.36. The normalized spacial score (nSPS) is 19.8. The molecule has 3 aromatic rings. The van der Waals surface area contributed by atoms with Crippen molar-refractivity contribution in [1.29, 1.82) is 0 Å². The highest BCUT2D eigenvalue weighted by Gasteiger charge is 2.35. The fraction of sp³-hybridized carbons (Fsp3) is 0.444. The average molecular weight is 528 g/mol. The van der Waals surface area contributed by atoms with E-state index in [1.54, 1.807) is 23.4 Å². The molecule has 0 bridgehead atoms. The summed E-state index contributed by atoms with van der Waals surface area (Å²) in [6, 6.07) is 7.41. The van der Waals surface area contributed by atoms with Crippen LogP contribution in [0, 0.1) is 12.8 Å². The van der Waals surface area contributed by atoms with Gasteiger partial charge < -0.3 is 14.4 Å². The molecule has 0 aliphatic carbocycles. The number of amides is 1. The minimum Gasteiger partial charge on any atom is -0.488 e. The van der Waals surface area contributed by atoms with Crippen molar-refractivity contribution in [1.82, 2.24) is 14.9 Å². The van der Waals surface area contributed by atoms with Crippen LogP contribution in [-0.2, 0) is 21.3 Å². The lowest BCUT2D eigenvalue weighted by Gasteiger charge is -2.26. The second-order valence-electron chi connectivity index (χ2n) is 9.71. The van der Waals surface area contributed by atoms with E-state index in [2.05, 4.69) is 9.97 Å². The van der Waals surface area contributed by atoms with Gasteiger partial charge in [0, 0.05) is 53.4 Å². The molecule has 0 unspecified atom stereocenters. The van der Waals surface area contributed by atoms with Crippen molar-refractivity contribution in [2.45, 2.75) is 39.0 Å². The number of sulfone groups is 1. The van der Waals surface area contributed by atoms with Gasteiger partial charge in [-0.2, -0.15) is 0 Å². The van der Waals surface area contributed by atoms with Crippen molar-refractivity contribution < 1.29 is 27.1 Å². The molecule has 1 amide bonds. The summed E-state index contributed by atoms with van der Waals surface area (Å²) >= 11 is 0. The number of halogens is 1. The third-order valence-corrected chi connectivity index (χ3v) is 9.06. The number of carbonyl (C=O) groups is 1. The maximum absolute atomic E-state index is 13.6. The molecule has 2 aliphatic heterocycles. The van der Waals surface area contributed by atoms with Gasteiger partial charge in [0.05, 0.1) is 30.7 Å². The second kappa shape index (κ2) is 10.2. The van der Waals surface area contributed by atoms with Crippen LogP contribution in [0.2, 0.25) is 0 Å². The number of benzene rings is 1. The van der Waals surface area contributed by atoms with E-state index >= 15 is 0 Å². The molecule has 0 saturated carbocycles. The number of aromatic nitrogens is 2. The summed E-state index contributed by atoms with van der Waals surface area (Å²) in [4.78, 5) is 23.6. The van der Waals surface area contributed by atoms with Crippen LogP contribution < -0.4 is 9.47 Å². The molecule has 5 rings (SSSR count). The zero-order valence-corrected chi connectivity index (χ0v) is 21.8. The largest absolute Gasteiger partial charge is 0.488 e. The Labute approximate surface area is 215 Å². The molecule has 196 valence electrons. The van der Waals surface area contributed by atoms with Crippen LogP contribution in [0.25, 0.3) is 22.0 Å². The van der Waals surface area contributed by atoms with E-state index in [0.717, 1.165) is 27.6 Å². The molecule has 4 heterocycles. The van der Waals surface area contributed by atoms with Crippen molar-refractivity contribution in [2.24, 2.45) is 5.92 Å². The standard InChI is InChI=1S/C27H30FN3O5S/c1-17-24(36-21-6-10-31(16-21)27(32)18-7-11-37(33,34)12-8-18)4-3-23-25(17)22(5-9-29-23)20-13-19(14-28)26(35-2)30-15-20/h3-5,9,13,15,18,21H,6-8,10-12,14,16H2,1-2H3/t21-/m0/s1. The fourth-order valence-electron chi connectivity index (χ4n) is 5.29. The Bertz CT molecular complexity index is 1430. The lowest BCUT2D eigenvalue weighted by Crippen LogP contribution is -2.39. The van der Waals surface area contributed by atoms with Gasteiger partial charge in [0.1, 0.15) is 28.4 Å². The van der Waals surface area contributed by atoms with E-state index < -0.39 is 16.5 Å². The number of carbonyl (C=O) groups excluding carboxylic acids is 1. The molecule has 0 N–H and O–H groups in total. The van der Waals surface area contributed by atoms with Crippen molar-refractivity contribution in [2.75, 3.05) is 31.7 Å². The van der Waals surface area contributed by atoms with Crippen LogP contribution in [0.1, 0.15) is 30.4 Å². The van der Waals surface area contributed by atoms with Crippen LogP contribution in [-0.4, -0.2) is 67.0 Å². The molecule has 37 heavy (non-hydrogen) atoms. The maximum atomic E-state index is 13.6. The Morgan fingerprint density at radius 1 is 1.16 bits per heavy atom. The molecule has 2 saturated heterocycles. The predicted molar refractivity (Wildman–Crippen MR) is 138 cm³/mol. The molecule has 0 spiro atoms. The van der Waals surface area contributed by atoms with Gasteiger partial charge in [-0.1, -0.05) is 0 Å². The van der Waals surface area contributed by atoms with Crippen LogP contribution in [0.4, 0.5) is 4.39 Å². The van der Waals surface area contributed by atoms with Gasteiger partial charge in [-0.15, -0.1) is 0 Å². The van der Waals surface area contributed by atoms with Gasteiger partial charge in [0.25, 0.3) is 0 Å². The fourth-order valence-corrected chi connectivity index (χ4v) is 6.78. The first kappa shape index (κ1) is 25.4. The number of ether oxygens (including phenoxy) is 2. The van der Waals surface area contributed by atoms with Gasteiger partial charge >= 0.3 is 0 Å². The maximum Gasteiger partial charge on any atom is 0.225 e. The van der Waals surface area contributed by atoms with Gasteiger partial charge in [-0.25, -0.2) is 17.8 Å². The summed E-state index contributed by atoms with van der Waals surface area (Å²) in [5, 5.41) is 0.895. The third-order valence-electron chi connectivity index (χ3n) is 7.35. The molecular weight excluding hydrogens is 497 g/mol. The molecule has 1 aromatic carbocycles. The van der Waals surface area contributed by atoms with E-state index in [1.807, 2.05) is 25.1 Å². The van der Waals surface area contributed by atoms with Crippen molar-refractivity contribution in [3.8, 4) is 22.8 Å². The number of alkyl halides is 1. The van der Waals surface area contributed by atoms with Gasteiger partial charge in [0.2, 0.25) is 11.8 Å². The van der Waals surface area contributed by atoms with Gasteiger partial charge in [-0.05, 0) is 49.6 Å². The Morgan fingerprint density at radius 2 is 1.95 bits per heavy atom. The van der Waals surface area contributed by atoms with E-state index in [4.69, 9.17) is 9.47 Å². The number of nitrogens with zero attached hydrogens (tertiary/aromatic N) is 3. The first-order valence-electron chi connectivity index (χ1n) is 12.4. The highest BCUT2D eigenvalue weighted by atomic mass is 32.2. The lowest BCUT2D eigenvalue weighted by atomic mass is 9.97. The molecule has 1 atom stereocenters. The number of aryl methyl sites for hydroxylation is 1. The minimum atomic E-state index is -3.01. The number of rotatable bonds is 6. The second-order valence-corrected chi connectivity index (χ2v) is 12.0. The highest BCUT2D eigenvalue weighted by Crippen LogP contribution is 2.36. The van der Waals surface area contributed by atoms with Crippen LogP contribution in [0.15, 0.2) is 36.7 Å². The summed E-state index contributed by atoms with van der Waals surface area (Å²) in [5.41, 5.74) is 3.69. The predicted octanol–water partition coefficient (Wildman–Crippen LogP) is 3.89. The number of hydrogen-bond donors (Lipinski definition) is 0. The smallest absolute Gasteiger partial charge is 0.225 e. The zero-order valence-electron chi connectivity index (χ0n) is 20.9. The summed E-state index contributed by atoms with van der Waals surface area (Å²) < 4.78 is 48.6. The Morgan fingerprint density at radius 3 is 2.68 bits per heavy atom. The summed E-state index contributed by atoms with van der Waals surface area (Å²) in [5.74, 6) is 0.933. The summed E-state index contributed by atoms with van der Waals surface area (Å²) in [7, 11) is -1.54. The lowest BCUT2D eigenvalue weighted by molar-refractivity contribution is -0.135.